The number of aromatic nitrogens is 2. The van der Waals surface area contributed by atoms with E-state index in [0.29, 0.717) is 6.54 Å². The molecule has 0 aliphatic carbocycles. The van der Waals surface area contributed by atoms with Gasteiger partial charge in [0.1, 0.15) is 12.2 Å². The number of hydrogen-bond acceptors (Lipinski definition) is 4. The van der Waals surface area contributed by atoms with E-state index >= 15 is 0 Å². The van der Waals surface area contributed by atoms with Crippen LogP contribution in [0.2, 0.25) is 0 Å². The number of amides is 1. The van der Waals surface area contributed by atoms with Crippen molar-refractivity contribution in [2.75, 3.05) is 6.61 Å². The molecule has 16 heavy (non-hydrogen) atoms. The van der Waals surface area contributed by atoms with E-state index < -0.39 is 5.97 Å². The van der Waals surface area contributed by atoms with Crippen LogP contribution in [0, 0.1) is 0 Å². The molecule has 7 nitrogen and oxygen atoms in total. The quantitative estimate of drug-likeness (QED) is 0.706. The fourth-order valence-electron chi connectivity index (χ4n) is 1.62. The van der Waals surface area contributed by atoms with Crippen LogP contribution >= 0.6 is 0 Å². The average Bonchev–Trinajstić information content (AvgIpc) is 2.59. The first-order chi connectivity index (χ1) is 7.58. The second kappa shape index (κ2) is 3.84. The number of carbonyl (C=O) groups is 2. The molecule has 1 aliphatic rings. The summed E-state index contributed by atoms with van der Waals surface area (Å²) in [6.07, 6.45) is 1.24. The van der Waals surface area contributed by atoms with Crippen LogP contribution in [0.4, 0.5) is 0 Å². The number of ether oxygens (including phenoxy) is 1. The zero-order valence-corrected chi connectivity index (χ0v) is 8.64. The van der Waals surface area contributed by atoms with Gasteiger partial charge in [-0.25, -0.2) is 9.48 Å². The van der Waals surface area contributed by atoms with Crippen molar-refractivity contribution in [3.63, 3.8) is 0 Å². The highest BCUT2D eigenvalue weighted by Gasteiger charge is 2.26. The monoisotopic (exact) mass is 225 g/mol. The smallest absolute Gasteiger partial charge is 0.342 e. The van der Waals surface area contributed by atoms with E-state index in [1.165, 1.54) is 17.8 Å². The Morgan fingerprint density at radius 3 is 3.06 bits per heavy atom. The Morgan fingerprint density at radius 1 is 1.69 bits per heavy atom. The van der Waals surface area contributed by atoms with Crippen molar-refractivity contribution in [1.82, 2.24) is 15.1 Å². The summed E-state index contributed by atoms with van der Waals surface area (Å²) in [5.74, 6) is -0.976. The van der Waals surface area contributed by atoms with Gasteiger partial charge < -0.3 is 15.2 Å². The van der Waals surface area contributed by atoms with E-state index in [1.54, 1.807) is 0 Å². The molecular weight excluding hydrogens is 214 g/mol. The molecule has 1 atom stereocenters. The van der Waals surface area contributed by atoms with Crippen LogP contribution in [0.1, 0.15) is 17.3 Å². The summed E-state index contributed by atoms with van der Waals surface area (Å²) in [6, 6.07) is -0.174. The standard InChI is InChI=1S/C9H11N3O4/c1-5(13)11-6-3-12-8(16-4-6)7(2-10-12)9(14)15/h2,6H,3-4H2,1H3,(H,11,13)(H,14,15). The molecule has 2 heterocycles. The van der Waals surface area contributed by atoms with E-state index in [9.17, 15) is 9.59 Å². The molecule has 0 fully saturated rings. The number of hydrogen-bond donors (Lipinski definition) is 2. The predicted octanol–water partition coefficient (Wildman–Crippen LogP) is -0.522. The van der Waals surface area contributed by atoms with Crippen LogP contribution in [0.15, 0.2) is 6.20 Å². The van der Waals surface area contributed by atoms with E-state index in [0.717, 1.165) is 0 Å². The predicted molar refractivity (Wildman–Crippen MR) is 52.3 cm³/mol. The summed E-state index contributed by atoms with van der Waals surface area (Å²) in [6.45, 7) is 2.09. The third-order valence-corrected chi connectivity index (χ3v) is 2.24. The van der Waals surface area contributed by atoms with Crippen molar-refractivity contribution in [2.24, 2.45) is 0 Å². The number of nitrogens with one attached hydrogen (secondary N) is 1. The zero-order valence-electron chi connectivity index (χ0n) is 8.64. The number of carbonyl (C=O) groups excluding carboxylic acids is 1. The summed E-state index contributed by atoms with van der Waals surface area (Å²) >= 11 is 0. The summed E-state index contributed by atoms with van der Waals surface area (Å²) in [5.41, 5.74) is 0.0428. The van der Waals surface area contributed by atoms with E-state index in [2.05, 4.69) is 10.4 Å². The molecule has 0 bridgehead atoms. The molecule has 1 aliphatic heterocycles. The van der Waals surface area contributed by atoms with Crippen molar-refractivity contribution in [2.45, 2.75) is 19.5 Å². The molecule has 0 saturated carbocycles. The largest absolute Gasteiger partial charge is 0.477 e. The molecular formula is C9H11N3O4. The first-order valence-electron chi connectivity index (χ1n) is 4.77. The van der Waals surface area contributed by atoms with Crippen LogP contribution in [0.3, 0.4) is 0 Å². The number of fused-ring (bicyclic) bond motifs is 1. The Hall–Kier alpha value is -2.05. The van der Waals surface area contributed by atoms with Gasteiger partial charge in [0, 0.05) is 6.92 Å². The fourth-order valence-corrected chi connectivity index (χ4v) is 1.62. The lowest BCUT2D eigenvalue weighted by Gasteiger charge is -2.24. The lowest BCUT2D eigenvalue weighted by molar-refractivity contribution is -0.120. The highest BCUT2D eigenvalue weighted by molar-refractivity contribution is 5.90. The molecule has 0 spiro atoms. The molecule has 0 saturated heterocycles. The van der Waals surface area contributed by atoms with Crippen molar-refractivity contribution in [3.8, 4) is 5.88 Å². The summed E-state index contributed by atoms with van der Waals surface area (Å²) in [4.78, 5) is 21.6. The van der Waals surface area contributed by atoms with Crippen molar-refractivity contribution in [3.05, 3.63) is 11.8 Å². The molecule has 1 aromatic heterocycles. The van der Waals surface area contributed by atoms with Gasteiger partial charge in [-0.1, -0.05) is 0 Å². The van der Waals surface area contributed by atoms with Crippen LogP contribution in [0.25, 0.3) is 0 Å². The van der Waals surface area contributed by atoms with Crippen LogP contribution in [0.5, 0.6) is 5.88 Å². The second-order valence-electron chi connectivity index (χ2n) is 3.56. The Morgan fingerprint density at radius 2 is 2.44 bits per heavy atom. The highest BCUT2D eigenvalue weighted by Crippen LogP contribution is 2.22. The number of aromatic carboxylic acids is 1. The van der Waals surface area contributed by atoms with Gasteiger partial charge in [0.15, 0.2) is 0 Å². The van der Waals surface area contributed by atoms with E-state index in [-0.39, 0.29) is 30.0 Å². The number of carboxylic acids is 1. The van der Waals surface area contributed by atoms with Gasteiger partial charge >= 0.3 is 5.97 Å². The summed E-state index contributed by atoms with van der Waals surface area (Å²) in [7, 11) is 0. The van der Waals surface area contributed by atoms with Crippen molar-refractivity contribution < 1.29 is 19.4 Å². The van der Waals surface area contributed by atoms with Crippen molar-refractivity contribution >= 4 is 11.9 Å². The van der Waals surface area contributed by atoms with Crippen LogP contribution < -0.4 is 10.1 Å². The van der Waals surface area contributed by atoms with Gasteiger partial charge in [-0.15, -0.1) is 0 Å². The summed E-state index contributed by atoms with van der Waals surface area (Å²) < 4.78 is 6.71. The van der Waals surface area contributed by atoms with Crippen LogP contribution in [-0.4, -0.2) is 39.4 Å². The van der Waals surface area contributed by atoms with E-state index in [4.69, 9.17) is 9.84 Å². The molecule has 2 N–H and O–H groups in total. The molecule has 0 radical (unpaired) electrons. The van der Waals surface area contributed by atoms with Gasteiger partial charge in [0.25, 0.3) is 0 Å². The second-order valence-corrected chi connectivity index (χ2v) is 3.56. The van der Waals surface area contributed by atoms with Gasteiger partial charge in [-0.3, -0.25) is 4.79 Å². The zero-order chi connectivity index (χ0) is 11.7. The molecule has 1 aromatic rings. The number of nitrogens with zero attached hydrogens (tertiary/aromatic N) is 2. The fraction of sp³-hybridized carbons (Fsp3) is 0.444. The number of rotatable bonds is 2. The van der Waals surface area contributed by atoms with Gasteiger partial charge in [0.05, 0.1) is 18.8 Å². The third kappa shape index (κ3) is 1.83. The molecule has 0 aromatic carbocycles. The minimum absolute atomic E-state index is 0.0428. The molecule has 1 unspecified atom stereocenters. The third-order valence-electron chi connectivity index (χ3n) is 2.24. The minimum atomic E-state index is -1.07. The van der Waals surface area contributed by atoms with E-state index in [1.807, 2.05) is 0 Å². The van der Waals surface area contributed by atoms with Gasteiger partial charge in [-0.05, 0) is 0 Å². The molecule has 86 valence electrons. The van der Waals surface area contributed by atoms with Gasteiger partial charge in [-0.2, -0.15) is 5.10 Å². The lowest BCUT2D eigenvalue weighted by Crippen LogP contribution is -2.44. The van der Waals surface area contributed by atoms with Gasteiger partial charge in [0.2, 0.25) is 11.8 Å². The summed E-state index contributed by atoms with van der Waals surface area (Å²) in [5, 5.41) is 15.4. The molecule has 2 rings (SSSR count). The Labute approximate surface area is 91.0 Å². The highest BCUT2D eigenvalue weighted by atomic mass is 16.5. The maximum absolute atomic E-state index is 10.8. The lowest BCUT2D eigenvalue weighted by atomic mass is 10.2. The normalized spacial score (nSPS) is 18.4. The average molecular weight is 225 g/mol. The maximum atomic E-state index is 10.8. The maximum Gasteiger partial charge on any atom is 0.342 e. The Kier molecular flexibility index (Phi) is 2.51. The first-order valence-corrected chi connectivity index (χ1v) is 4.77. The topological polar surface area (TPSA) is 93.4 Å². The SMILES string of the molecule is CC(=O)NC1COc2c(C(=O)O)cnn2C1. The minimum Gasteiger partial charge on any atom is -0.477 e. The van der Waals surface area contributed by atoms with Crippen molar-refractivity contribution in [1.29, 1.82) is 0 Å². The Balaban J connectivity index is 2.16. The molecule has 7 heteroatoms. The number of carboxylic acid groups (broad SMARTS) is 1. The van der Waals surface area contributed by atoms with Crippen LogP contribution in [-0.2, 0) is 11.3 Å². The Bertz CT molecular complexity index is 440. The first kappa shape index (κ1) is 10.5. The molecule has 1 amide bonds.